The summed E-state index contributed by atoms with van der Waals surface area (Å²) in [5.41, 5.74) is 5.44. The lowest BCUT2D eigenvalue weighted by Gasteiger charge is -2.25. The Hall–Kier alpha value is -0.700. The highest BCUT2D eigenvalue weighted by molar-refractivity contribution is 7.89. The third kappa shape index (κ3) is 2.66. The normalized spacial score (nSPS) is 18.9. The minimum absolute atomic E-state index is 0.00869. The van der Waals surface area contributed by atoms with E-state index in [4.69, 9.17) is 17.3 Å². The number of pyridine rings is 1. The van der Waals surface area contributed by atoms with Gasteiger partial charge in [-0.3, -0.25) is 4.21 Å². The summed E-state index contributed by atoms with van der Waals surface area (Å²) in [5, 5.41) is 0.108. The average molecular weight is 310 g/mol. The van der Waals surface area contributed by atoms with Crippen LogP contribution in [0.1, 0.15) is 0 Å². The summed E-state index contributed by atoms with van der Waals surface area (Å²) in [4.78, 5) is 3.74. The Morgan fingerprint density at radius 1 is 1.39 bits per heavy atom. The van der Waals surface area contributed by atoms with Gasteiger partial charge in [-0.15, -0.1) is 0 Å². The van der Waals surface area contributed by atoms with Crippen LogP contribution in [0.15, 0.2) is 17.2 Å². The standard InChI is InChI=1S/C9H12ClN3O3S2/c10-8-5-7(6-12-9(8)11)18(15,16)13-1-3-17(14)4-2-13/h5-6H,1-4H2,(H2,11,12). The van der Waals surface area contributed by atoms with Crippen LogP contribution in [0.4, 0.5) is 5.82 Å². The maximum Gasteiger partial charge on any atom is 0.244 e. The first kappa shape index (κ1) is 13.7. The number of rotatable bonds is 2. The Morgan fingerprint density at radius 3 is 2.56 bits per heavy atom. The van der Waals surface area contributed by atoms with Gasteiger partial charge in [-0.25, -0.2) is 13.4 Å². The number of hydrogen-bond acceptors (Lipinski definition) is 5. The Bertz CT molecular complexity index is 581. The third-order valence-corrected chi connectivity index (χ3v) is 6.06. The lowest BCUT2D eigenvalue weighted by molar-refractivity contribution is 0.438. The van der Waals surface area contributed by atoms with Crippen molar-refractivity contribution in [1.82, 2.24) is 9.29 Å². The van der Waals surface area contributed by atoms with Crippen LogP contribution in [0, 0.1) is 0 Å². The highest BCUT2D eigenvalue weighted by Gasteiger charge is 2.28. The van der Waals surface area contributed by atoms with Gasteiger partial charge in [0.2, 0.25) is 10.0 Å². The molecular formula is C9H12ClN3O3S2. The van der Waals surface area contributed by atoms with Crippen molar-refractivity contribution in [3.05, 3.63) is 17.3 Å². The Kier molecular flexibility index (Phi) is 3.90. The summed E-state index contributed by atoms with van der Waals surface area (Å²) in [6.07, 6.45) is 1.18. The minimum atomic E-state index is -3.63. The van der Waals surface area contributed by atoms with Crippen molar-refractivity contribution in [2.45, 2.75) is 4.90 Å². The van der Waals surface area contributed by atoms with E-state index in [1.807, 2.05) is 0 Å². The van der Waals surface area contributed by atoms with Crippen molar-refractivity contribution in [1.29, 1.82) is 0 Å². The molecule has 1 fully saturated rings. The third-order valence-electron chi connectivity index (χ3n) is 2.62. The van der Waals surface area contributed by atoms with Gasteiger partial charge in [0, 0.05) is 41.6 Å². The molecule has 2 heterocycles. The zero-order valence-corrected chi connectivity index (χ0v) is 11.8. The van der Waals surface area contributed by atoms with Crippen LogP contribution in [0.3, 0.4) is 0 Å². The van der Waals surface area contributed by atoms with Crippen molar-refractivity contribution in [2.24, 2.45) is 0 Å². The molecule has 1 aliphatic rings. The molecule has 1 aromatic rings. The molecule has 100 valence electrons. The second kappa shape index (κ2) is 5.12. The number of nitrogens with zero attached hydrogens (tertiary/aromatic N) is 2. The molecule has 1 aromatic heterocycles. The van der Waals surface area contributed by atoms with Crippen LogP contribution in [0.5, 0.6) is 0 Å². The largest absolute Gasteiger partial charge is 0.382 e. The minimum Gasteiger partial charge on any atom is -0.382 e. The van der Waals surface area contributed by atoms with E-state index in [9.17, 15) is 12.6 Å². The Labute approximate surface area is 113 Å². The highest BCUT2D eigenvalue weighted by atomic mass is 35.5. The first-order chi connectivity index (χ1) is 8.41. The Morgan fingerprint density at radius 2 is 2.00 bits per heavy atom. The van der Waals surface area contributed by atoms with E-state index in [0.29, 0.717) is 11.5 Å². The van der Waals surface area contributed by atoms with E-state index in [-0.39, 0.29) is 28.8 Å². The van der Waals surface area contributed by atoms with Crippen LogP contribution >= 0.6 is 11.6 Å². The molecule has 0 amide bonds. The van der Waals surface area contributed by atoms with Gasteiger partial charge in [-0.2, -0.15) is 4.31 Å². The van der Waals surface area contributed by atoms with Gasteiger partial charge in [0.1, 0.15) is 10.7 Å². The molecule has 18 heavy (non-hydrogen) atoms. The topological polar surface area (TPSA) is 93.4 Å². The molecule has 1 aliphatic heterocycles. The zero-order valence-electron chi connectivity index (χ0n) is 9.37. The molecule has 9 heteroatoms. The first-order valence-corrected chi connectivity index (χ1v) is 8.48. The smallest absolute Gasteiger partial charge is 0.244 e. The van der Waals surface area contributed by atoms with Crippen molar-refractivity contribution < 1.29 is 12.6 Å². The van der Waals surface area contributed by atoms with Gasteiger partial charge in [0.05, 0.1) is 5.02 Å². The maximum absolute atomic E-state index is 12.2. The summed E-state index contributed by atoms with van der Waals surface area (Å²) in [5.74, 6) is 0.806. The molecule has 0 aromatic carbocycles. The van der Waals surface area contributed by atoms with E-state index in [1.165, 1.54) is 16.6 Å². The fraction of sp³-hybridized carbons (Fsp3) is 0.444. The van der Waals surface area contributed by atoms with E-state index in [2.05, 4.69) is 4.98 Å². The molecule has 0 bridgehead atoms. The molecule has 0 aliphatic carbocycles. The maximum atomic E-state index is 12.2. The van der Waals surface area contributed by atoms with Gasteiger partial charge in [-0.05, 0) is 6.07 Å². The summed E-state index contributed by atoms with van der Waals surface area (Å²) < 4.78 is 37.0. The quantitative estimate of drug-likeness (QED) is 0.834. The van der Waals surface area contributed by atoms with Crippen LogP contribution in [0.2, 0.25) is 5.02 Å². The van der Waals surface area contributed by atoms with Gasteiger partial charge in [-0.1, -0.05) is 11.6 Å². The van der Waals surface area contributed by atoms with Gasteiger partial charge < -0.3 is 5.73 Å². The van der Waals surface area contributed by atoms with Crippen molar-refractivity contribution >= 4 is 38.2 Å². The number of aromatic nitrogens is 1. The van der Waals surface area contributed by atoms with E-state index < -0.39 is 20.8 Å². The molecule has 0 atom stereocenters. The summed E-state index contributed by atoms with van der Waals surface area (Å²) >= 11 is 5.76. The number of anilines is 1. The highest BCUT2D eigenvalue weighted by Crippen LogP contribution is 2.23. The average Bonchev–Trinajstić information content (AvgIpc) is 2.33. The number of nitrogen functional groups attached to an aromatic ring is 1. The van der Waals surface area contributed by atoms with E-state index >= 15 is 0 Å². The molecule has 0 radical (unpaired) electrons. The van der Waals surface area contributed by atoms with Crippen LogP contribution in [-0.4, -0.2) is 46.5 Å². The van der Waals surface area contributed by atoms with E-state index in [0.717, 1.165) is 0 Å². The molecule has 1 saturated heterocycles. The van der Waals surface area contributed by atoms with Crippen LogP contribution in [-0.2, 0) is 20.8 Å². The van der Waals surface area contributed by atoms with Crippen molar-refractivity contribution in [3.63, 3.8) is 0 Å². The number of hydrogen-bond donors (Lipinski definition) is 1. The molecule has 0 unspecified atom stereocenters. The van der Waals surface area contributed by atoms with Crippen LogP contribution < -0.4 is 5.73 Å². The first-order valence-electron chi connectivity index (χ1n) is 5.17. The van der Waals surface area contributed by atoms with Gasteiger partial charge in [0.15, 0.2) is 0 Å². The van der Waals surface area contributed by atoms with Crippen molar-refractivity contribution in [3.8, 4) is 0 Å². The van der Waals surface area contributed by atoms with Crippen molar-refractivity contribution in [2.75, 3.05) is 30.3 Å². The fourth-order valence-corrected chi connectivity index (χ4v) is 4.51. The monoisotopic (exact) mass is 309 g/mol. The fourth-order valence-electron chi connectivity index (χ4n) is 1.58. The lowest BCUT2D eigenvalue weighted by atomic mass is 10.5. The van der Waals surface area contributed by atoms with Gasteiger partial charge >= 0.3 is 0 Å². The molecular weight excluding hydrogens is 298 g/mol. The number of nitrogens with two attached hydrogens (primary N) is 1. The predicted molar refractivity (Wildman–Crippen MR) is 70.3 cm³/mol. The molecule has 0 spiro atoms. The molecule has 2 rings (SSSR count). The van der Waals surface area contributed by atoms with Gasteiger partial charge in [0.25, 0.3) is 0 Å². The summed E-state index contributed by atoms with van der Waals surface area (Å²) in [6.45, 7) is 0.494. The molecule has 6 nitrogen and oxygen atoms in total. The number of halogens is 1. The summed E-state index contributed by atoms with van der Waals surface area (Å²) in [6, 6.07) is 1.28. The summed E-state index contributed by atoms with van der Waals surface area (Å²) in [7, 11) is -4.56. The number of sulfonamides is 1. The Balaban J connectivity index is 2.30. The molecule has 0 saturated carbocycles. The molecule has 2 N–H and O–H groups in total. The van der Waals surface area contributed by atoms with E-state index in [1.54, 1.807) is 0 Å². The second-order valence-electron chi connectivity index (χ2n) is 3.79. The second-order valence-corrected chi connectivity index (χ2v) is 7.83. The SMILES string of the molecule is Nc1ncc(S(=O)(=O)N2CCS(=O)CC2)cc1Cl. The zero-order chi connectivity index (χ0) is 13.3. The van der Waals surface area contributed by atoms with Crippen LogP contribution in [0.25, 0.3) is 0 Å². The predicted octanol–water partition coefficient (Wildman–Crippen LogP) is 0.0702. The lowest BCUT2D eigenvalue weighted by Crippen LogP contribution is -2.41.